The van der Waals surface area contributed by atoms with E-state index in [4.69, 9.17) is 9.47 Å². The van der Waals surface area contributed by atoms with Crippen molar-refractivity contribution in [1.29, 1.82) is 0 Å². The van der Waals surface area contributed by atoms with Crippen molar-refractivity contribution in [2.24, 2.45) is 0 Å². The highest BCUT2D eigenvalue weighted by Crippen LogP contribution is 2.35. The molecule has 1 saturated heterocycles. The summed E-state index contributed by atoms with van der Waals surface area (Å²) in [4.78, 5) is 13.5. The molecular formula is C23H33FN4O3Si. The molecule has 9 heteroatoms. The second kappa shape index (κ2) is 9.42. The van der Waals surface area contributed by atoms with Crippen LogP contribution < -0.4 is 10.2 Å². The number of halogens is 1. The maximum atomic E-state index is 15.6. The lowest BCUT2D eigenvalue weighted by atomic mass is 9.96. The first-order valence-electron chi connectivity index (χ1n) is 11.3. The Balaban J connectivity index is 1.58. The van der Waals surface area contributed by atoms with E-state index in [1.54, 1.807) is 17.8 Å². The molecule has 2 aromatic rings. The van der Waals surface area contributed by atoms with E-state index < -0.39 is 8.07 Å². The summed E-state index contributed by atoms with van der Waals surface area (Å²) in [5, 5.41) is 7.86. The molecule has 174 valence electrons. The lowest BCUT2D eigenvalue weighted by Gasteiger charge is -2.27. The normalized spacial score (nSPS) is 16.9. The number of fused-ring (bicyclic) bond motifs is 1. The zero-order valence-corrected chi connectivity index (χ0v) is 20.4. The van der Waals surface area contributed by atoms with Crippen LogP contribution in [0.2, 0.25) is 25.7 Å². The fourth-order valence-electron chi connectivity index (χ4n) is 3.87. The van der Waals surface area contributed by atoms with Gasteiger partial charge in [0, 0.05) is 69.8 Å². The van der Waals surface area contributed by atoms with Gasteiger partial charge in [-0.1, -0.05) is 19.6 Å². The molecule has 2 aliphatic rings. The fraction of sp³-hybridized carbons (Fsp3) is 0.565. The molecule has 1 aromatic heterocycles. The van der Waals surface area contributed by atoms with Gasteiger partial charge in [0.25, 0.3) is 0 Å². The molecule has 0 unspecified atom stereocenters. The van der Waals surface area contributed by atoms with E-state index in [9.17, 15) is 4.79 Å². The number of carbonyl (C=O) groups excluding carboxylic acids is 1. The molecule has 2 aliphatic heterocycles. The van der Waals surface area contributed by atoms with Gasteiger partial charge in [0.05, 0.1) is 12.7 Å². The predicted molar refractivity (Wildman–Crippen MR) is 125 cm³/mol. The van der Waals surface area contributed by atoms with Crippen molar-refractivity contribution >= 4 is 19.7 Å². The van der Waals surface area contributed by atoms with Gasteiger partial charge in [-0.05, 0) is 24.6 Å². The van der Waals surface area contributed by atoms with Crippen LogP contribution in [0.25, 0.3) is 11.3 Å². The van der Waals surface area contributed by atoms with Gasteiger partial charge in [0.2, 0.25) is 5.91 Å². The summed E-state index contributed by atoms with van der Waals surface area (Å²) in [6.07, 6.45) is 2.78. The zero-order chi connectivity index (χ0) is 22.9. The highest BCUT2D eigenvalue weighted by atomic mass is 28.3. The van der Waals surface area contributed by atoms with E-state index in [-0.39, 0.29) is 17.8 Å². The van der Waals surface area contributed by atoms with Crippen molar-refractivity contribution in [2.45, 2.75) is 58.0 Å². The SMILES string of the molecule is CN1C(=O)CCc2c1ccc(-c1nn(COCC[Si](C)(C)C)cc1COC1CNC1)c2F. The summed E-state index contributed by atoms with van der Waals surface area (Å²) >= 11 is 0. The van der Waals surface area contributed by atoms with Crippen LogP contribution in [0.1, 0.15) is 17.5 Å². The van der Waals surface area contributed by atoms with Crippen molar-refractivity contribution in [3.63, 3.8) is 0 Å². The molecular weight excluding hydrogens is 427 g/mol. The van der Waals surface area contributed by atoms with Gasteiger partial charge in [-0.2, -0.15) is 5.10 Å². The number of anilines is 1. The molecule has 0 saturated carbocycles. The molecule has 0 spiro atoms. The predicted octanol–water partition coefficient (Wildman–Crippen LogP) is 3.40. The van der Waals surface area contributed by atoms with E-state index in [1.165, 1.54) is 4.90 Å². The Kier molecular flexibility index (Phi) is 6.80. The molecule has 0 atom stereocenters. The highest BCUT2D eigenvalue weighted by Gasteiger charge is 2.27. The fourth-order valence-corrected chi connectivity index (χ4v) is 4.62. The number of nitrogens with zero attached hydrogens (tertiary/aromatic N) is 3. The molecule has 0 radical (unpaired) electrons. The quantitative estimate of drug-likeness (QED) is 0.459. The molecule has 32 heavy (non-hydrogen) atoms. The van der Waals surface area contributed by atoms with Crippen molar-refractivity contribution < 1.29 is 18.7 Å². The topological polar surface area (TPSA) is 68.6 Å². The Morgan fingerprint density at radius 1 is 1.25 bits per heavy atom. The molecule has 7 nitrogen and oxygen atoms in total. The van der Waals surface area contributed by atoms with Gasteiger partial charge < -0.3 is 19.7 Å². The summed E-state index contributed by atoms with van der Waals surface area (Å²) < 4.78 is 29.1. The minimum Gasteiger partial charge on any atom is -0.371 e. The van der Waals surface area contributed by atoms with Crippen molar-refractivity contribution in [3.05, 3.63) is 35.3 Å². The van der Waals surface area contributed by atoms with Crippen LogP contribution in [0, 0.1) is 5.82 Å². The summed E-state index contributed by atoms with van der Waals surface area (Å²) in [7, 11) is 0.525. The van der Waals surface area contributed by atoms with Crippen LogP contribution in [0.4, 0.5) is 10.1 Å². The Morgan fingerprint density at radius 3 is 2.72 bits per heavy atom. The Labute approximate surface area is 189 Å². The van der Waals surface area contributed by atoms with E-state index >= 15 is 4.39 Å². The molecule has 0 aliphatic carbocycles. The smallest absolute Gasteiger partial charge is 0.227 e. The third-order valence-electron chi connectivity index (χ3n) is 6.07. The molecule has 1 fully saturated rings. The number of rotatable bonds is 9. The summed E-state index contributed by atoms with van der Waals surface area (Å²) in [6, 6.07) is 4.61. The monoisotopic (exact) mass is 460 g/mol. The van der Waals surface area contributed by atoms with E-state index in [0.29, 0.717) is 55.3 Å². The molecule has 0 bridgehead atoms. The second-order valence-electron chi connectivity index (χ2n) is 9.86. The highest BCUT2D eigenvalue weighted by molar-refractivity contribution is 6.76. The van der Waals surface area contributed by atoms with Gasteiger partial charge >= 0.3 is 0 Å². The van der Waals surface area contributed by atoms with Crippen LogP contribution in [0.3, 0.4) is 0 Å². The molecule has 4 rings (SSSR count). The van der Waals surface area contributed by atoms with Gasteiger partial charge in [0.1, 0.15) is 18.2 Å². The summed E-state index contributed by atoms with van der Waals surface area (Å²) in [6.45, 7) is 9.99. The number of ether oxygens (including phenoxy) is 2. The third-order valence-corrected chi connectivity index (χ3v) is 7.78. The summed E-state index contributed by atoms with van der Waals surface area (Å²) in [5.41, 5.74) is 3.06. The molecule has 1 amide bonds. The van der Waals surface area contributed by atoms with Gasteiger partial charge in [0.15, 0.2) is 0 Å². The minimum absolute atomic E-state index is 0.00703. The standard InChI is InChI=1S/C23H33FN4O3Si/c1-27-20-7-5-19(22(24)18(20)6-8-21(27)29)23-16(14-31-17-11-25-12-17)13-28(26-23)15-30-9-10-32(2,3)4/h5,7,13,17,25H,6,8-12,14-15H2,1-4H3. The van der Waals surface area contributed by atoms with Crippen LogP contribution in [0.5, 0.6) is 0 Å². The Hall–Kier alpha value is -2.07. The van der Waals surface area contributed by atoms with Crippen LogP contribution >= 0.6 is 0 Å². The van der Waals surface area contributed by atoms with Crippen molar-refractivity contribution in [2.75, 3.05) is 31.6 Å². The van der Waals surface area contributed by atoms with Crippen LogP contribution in [-0.2, 0) is 34.0 Å². The first kappa shape index (κ1) is 23.1. The second-order valence-corrected chi connectivity index (χ2v) is 15.5. The summed E-state index contributed by atoms with van der Waals surface area (Å²) in [5.74, 6) is -0.300. The average molecular weight is 461 g/mol. The number of hydrogen-bond acceptors (Lipinski definition) is 5. The Bertz CT molecular complexity index is 984. The van der Waals surface area contributed by atoms with Crippen LogP contribution in [-0.4, -0.2) is 56.6 Å². The average Bonchev–Trinajstić information content (AvgIpc) is 3.09. The Morgan fingerprint density at radius 2 is 2.03 bits per heavy atom. The number of nitrogens with one attached hydrogen (secondary N) is 1. The van der Waals surface area contributed by atoms with E-state index in [2.05, 4.69) is 30.1 Å². The molecule has 1 aromatic carbocycles. The largest absolute Gasteiger partial charge is 0.371 e. The lowest BCUT2D eigenvalue weighted by Crippen LogP contribution is -2.48. The minimum atomic E-state index is -1.17. The van der Waals surface area contributed by atoms with Gasteiger partial charge in [-0.25, -0.2) is 9.07 Å². The number of benzene rings is 1. The number of hydrogen-bond donors (Lipinski definition) is 1. The number of amides is 1. The van der Waals surface area contributed by atoms with E-state index in [1.807, 2.05) is 12.3 Å². The maximum Gasteiger partial charge on any atom is 0.227 e. The van der Waals surface area contributed by atoms with Crippen LogP contribution in [0.15, 0.2) is 18.3 Å². The van der Waals surface area contributed by atoms with Crippen molar-refractivity contribution in [3.8, 4) is 11.3 Å². The number of aromatic nitrogens is 2. The lowest BCUT2D eigenvalue weighted by molar-refractivity contribution is -0.118. The third kappa shape index (κ3) is 5.11. The van der Waals surface area contributed by atoms with Crippen molar-refractivity contribution in [1.82, 2.24) is 15.1 Å². The maximum absolute atomic E-state index is 15.6. The van der Waals surface area contributed by atoms with E-state index in [0.717, 1.165) is 24.7 Å². The van der Waals surface area contributed by atoms with Gasteiger partial charge in [-0.15, -0.1) is 0 Å². The number of carbonyl (C=O) groups is 1. The first-order valence-corrected chi connectivity index (χ1v) is 15.0. The first-order chi connectivity index (χ1) is 15.2. The zero-order valence-electron chi connectivity index (χ0n) is 19.4. The molecule has 1 N–H and O–H groups in total. The van der Waals surface area contributed by atoms with Gasteiger partial charge in [-0.3, -0.25) is 4.79 Å². The molecule has 3 heterocycles.